The van der Waals surface area contributed by atoms with Crippen molar-refractivity contribution in [1.29, 1.82) is 0 Å². The lowest BCUT2D eigenvalue weighted by molar-refractivity contribution is 0.161. The molecule has 130 valence electrons. The molecule has 0 aliphatic carbocycles. The van der Waals surface area contributed by atoms with E-state index in [1.54, 1.807) is 18.4 Å². The number of nitrogens with zero attached hydrogens (tertiary/aromatic N) is 2. The molecule has 0 atom stereocenters. The molecule has 2 aromatic rings. The third kappa shape index (κ3) is 4.45. The number of hydrogen-bond donors (Lipinski definition) is 1. The number of methoxy groups -OCH3 is 1. The molecule has 3 rings (SSSR count). The Morgan fingerprint density at radius 2 is 2.17 bits per heavy atom. The quantitative estimate of drug-likeness (QED) is 0.701. The van der Waals surface area contributed by atoms with Crippen LogP contribution in [0.4, 0.5) is 0 Å². The van der Waals surface area contributed by atoms with Crippen molar-refractivity contribution in [2.45, 2.75) is 6.54 Å². The molecule has 1 aliphatic rings. The molecule has 1 aromatic carbocycles. The first kappa shape index (κ1) is 17.2. The van der Waals surface area contributed by atoms with Crippen LogP contribution in [0, 0.1) is 0 Å². The van der Waals surface area contributed by atoms with Gasteiger partial charge in [0, 0.05) is 44.2 Å². The van der Waals surface area contributed by atoms with Gasteiger partial charge in [-0.3, -0.25) is 0 Å². The molecule has 1 aromatic heterocycles. The summed E-state index contributed by atoms with van der Waals surface area (Å²) in [6.45, 7) is 4.70. The summed E-state index contributed by atoms with van der Waals surface area (Å²) in [5.74, 6) is 1.59. The lowest BCUT2D eigenvalue weighted by atomic mass is 10.2. The molecule has 24 heavy (non-hydrogen) atoms. The molecule has 0 amide bonds. The van der Waals surface area contributed by atoms with Gasteiger partial charge >= 0.3 is 0 Å². The summed E-state index contributed by atoms with van der Waals surface area (Å²) >= 11 is 1.65. The Bertz CT molecular complexity index is 662. The molecular formula is C17H23N3O3S. The second-order valence-corrected chi connectivity index (χ2v) is 6.54. The Morgan fingerprint density at radius 3 is 3.04 bits per heavy atom. The number of fused-ring (bicyclic) bond motifs is 1. The zero-order valence-electron chi connectivity index (χ0n) is 14.1. The third-order valence-electron chi connectivity index (χ3n) is 3.82. The van der Waals surface area contributed by atoms with Gasteiger partial charge in [-0.1, -0.05) is 0 Å². The molecule has 0 fully saturated rings. The average molecular weight is 349 g/mol. The van der Waals surface area contributed by atoms with Crippen molar-refractivity contribution in [1.82, 2.24) is 15.2 Å². The van der Waals surface area contributed by atoms with Crippen molar-refractivity contribution in [2.24, 2.45) is 0 Å². The first-order chi connectivity index (χ1) is 11.8. The van der Waals surface area contributed by atoms with Crippen LogP contribution in [0.2, 0.25) is 0 Å². The van der Waals surface area contributed by atoms with Gasteiger partial charge in [-0.25, -0.2) is 4.98 Å². The fourth-order valence-electron chi connectivity index (χ4n) is 2.40. The maximum absolute atomic E-state index is 5.43. The van der Waals surface area contributed by atoms with E-state index in [0.29, 0.717) is 6.79 Å². The number of aromatic nitrogens is 1. The molecule has 0 bridgehead atoms. The van der Waals surface area contributed by atoms with Gasteiger partial charge in [0.2, 0.25) is 6.79 Å². The minimum atomic E-state index is 0.296. The molecule has 0 radical (unpaired) electrons. The van der Waals surface area contributed by atoms with Gasteiger partial charge in [0.1, 0.15) is 5.01 Å². The summed E-state index contributed by atoms with van der Waals surface area (Å²) in [4.78, 5) is 6.94. The highest BCUT2D eigenvalue weighted by molar-refractivity contribution is 7.13. The fourth-order valence-corrected chi connectivity index (χ4v) is 3.21. The van der Waals surface area contributed by atoms with E-state index in [-0.39, 0.29) is 0 Å². The minimum absolute atomic E-state index is 0.296. The van der Waals surface area contributed by atoms with E-state index in [9.17, 15) is 0 Å². The van der Waals surface area contributed by atoms with Crippen LogP contribution in [0.3, 0.4) is 0 Å². The highest BCUT2D eigenvalue weighted by Crippen LogP contribution is 2.36. The van der Waals surface area contributed by atoms with Crippen molar-refractivity contribution < 1.29 is 14.2 Å². The molecule has 2 heterocycles. The molecule has 1 N–H and O–H groups in total. The SMILES string of the molecule is COCCN(C)CCNCc1csc(-c2ccc3c(c2)OCO3)n1. The summed E-state index contributed by atoms with van der Waals surface area (Å²) < 4.78 is 15.8. The Morgan fingerprint density at radius 1 is 1.29 bits per heavy atom. The third-order valence-corrected chi connectivity index (χ3v) is 4.76. The zero-order chi connectivity index (χ0) is 16.8. The Labute approximate surface area is 146 Å². The Hall–Kier alpha value is -1.67. The van der Waals surface area contributed by atoms with Crippen molar-refractivity contribution in [3.8, 4) is 22.1 Å². The highest BCUT2D eigenvalue weighted by Gasteiger charge is 2.15. The number of likely N-dealkylation sites (N-methyl/N-ethyl adjacent to an activating group) is 1. The normalized spacial score (nSPS) is 13.0. The van der Waals surface area contributed by atoms with Crippen LogP contribution < -0.4 is 14.8 Å². The molecule has 7 heteroatoms. The van der Waals surface area contributed by atoms with Crippen molar-refractivity contribution in [2.75, 3.05) is 47.2 Å². The second-order valence-electron chi connectivity index (χ2n) is 5.68. The van der Waals surface area contributed by atoms with Gasteiger partial charge in [0.05, 0.1) is 12.3 Å². The van der Waals surface area contributed by atoms with E-state index >= 15 is 0 Å². The summed E-state index contributed by atoms with van der Waals surface area (Å²) in [5.41, 5.74) is 2.13. The lowest BCUT2D eigenvalue weighted by Crippen LogP contribution is -2.31. The van der Waals surface area contributed by atoms with Crippen molar-refractivity contribution in [3.05, 3.63) is 29.3 Å². The second kappa shape index (κ2) is 8.43. The van der Waals surface area contributed by atoms with E-state index in [4.69, 9.17) is 19.2 Å². The van der Waals surface area contributed by atoms with E-state index in [1.165, 1.54) is 0 Å². The maximum Gasteiger partial charge on any atom is 0.231 e. The van der Waals surface area contributed by atoms with Crippen LogP contribution in [0.1, 0.15) is 5.69 Å². The monoisotopic (exact) mass is 349 g/mol. The van der Waals surface area contributed by atoms with E-state index < -0.39 is 0 Å². The fraction of sp³-hybridized carbons (Fsp3) is 0.471. The molecule has 0 saturated heterocycles. The van der Waals surface area contributed by atoms with Crippen LogP contribution in [-0.2, 0) is 11.3 Å². The molecule has 0 spiro atoms. The predicted octanol–water partition coefficient (Wildman–Crippen LogP) is 2.21. The van der Waals surface area contributed by atoms with Crippen molar-refractivity contribution >= 4 is 11.3 Å². The molecule has 0 unspecified atom stereocenters. The molecule has 0 saturated carbocycles. The molecule has 1 aliphatic heterocycles. The van der Waals surface area contributed by atoms with Crippen LogP contribution in [0.5, 0.6) is 11.5 Å². The first-order valence-electron chi connectivity index (χ1n) is 7.99. The Balaban J connectivity index is 1.47. The Kier molecular flexibility index (Phi) is 6.03. The lowest BCUT2D eigenvalue weighted by Gasteiger charge is -2.15. The highest BCUT2D eigenvalue weighted by atomic mass is 32.1. The summed E-state index contributed by atoms with van der Waals surface area (Å²) in [7, 11) is 3.83. The summed E-state index contributed by atoms with van der Waals surface area (Å²) in [6, 6.07) is 5.95. The number of rotatable bonds is 9. The van der Waals surface area contributed by atoms with Crippen LogP contribution in [0.15, 0.2) is 23.6 Å². The van der Waals surface area contributed by atoms with Crippen LogP contribution >= 0.6 is 11.3 Å². The van der Waals surface area contributed by atoms with Gasteiger partial charge < -0.3 is 24.4 Å². The smallest absolute Gasteiger partial charge is 0.231 e. The van der Waals surface area contributed by atoms with E-state index in [2.05, 4.69) is 22.6 Å². The summed E-state index contributed by atoms with van der Waals surface area (Å²) in [5, 5.41) is 6.53. The largest absolute Gasteiger partial charge is 0.454 e. The minimum Gasteiger partial charge on any atom is -0.454 e. The van der Waals surface area contributed by atoms with Gasteiger partial charge in [0.25, 0.3) is 0 Å². The summed E-state index contributed by atoms with van der Waals surface area (Å²) in [6.07, 6.45) is 0. The van der Waals surface area contributed by atoms with Gasteiger partial charge in [0.15, 0.2) is 11.5 Å². The standard InChI is InChI=1S/C17H23N3O3S/c1-20(7-8-21-2)6-5-18-10-14-11-24-17(19-14)13-3-4-15-16(9-13)23-12-22-15/h3-4,9,11,18H,5-8,10,12H2,1-2H3. The van der Waals surface area contributed by atoms with Gasteiger partial charge in [-0.2, -0.15) is 0 Å². The van der Waals surface area contributed by atoms with E-state index in [1.807, 2.05) is 18.2 Å². The number of ether oxygens (including phenoxy) is 3. The van der Waals surface area contributed by atoms with Crippen LogP contribution in [0.25, 0.3) is 10.6 Å². The number of nitrogens with one attached hydrogen (secondary N) is 1. The topological polar surface area (TPSA) is 55.9 Å². The first-order valence-corrected chi connectivity index (χ1v) is 8.87. The van der Waals surface area contributed by atoms with Crippen LogP contribution in [-0.4, -0.2) is 57.1 Å². The predicted molar refractivity (Wildman–Crippen MR) is 94.8 cm³/mol. The zero-order valence-corrected chi connectivity index (χ0v) is 14.9. The number of hydrogen-bond acceptors (Lipinski definition) is 7. The van der Waals surface area contributed by atoms with Gasteiger partial charge in [-0.05, 0) is 25.2 Å². The van der Waals surface area contributed by atoms with Crippen molar-refractivity contribution in [3.63, 3.8) is 0 Å². The maximum atomic E-state index is 5.43. The number of benzene rings is 1. The van der Waals surface area contributed by atoms with Gasteiger partial charge in [-0.15, -0.1) is 11.3 Å². The molecular weight excluding hydrogens is 326 g/mol. The number of thiazole rings is 1. The van der Waals surface area contributed by atoms with E-state index in [0.717, 1.165) is 60.5 Å². The molecule has 6 nitrogen and oxygen atoms in total. The average Bonchev–Trinajstić information content (AvgIpc) is 3.25.